The quantitative estimate of drug-likeness (QED) is 0.367. The summed E-state index contributed by atoms with van der Waals surface area (Å²) in [4.78, 5) is 6.88. The third-order valence-electron chi connectivity index (χ3n) is 5.31. The Kier molecular flexibility index (Phi) is 9.51. The number of hydrogen-bond acceptors (Lipinski definition) is 3. The predicted molar refractivity (Wildman–Crippen MR) is 125 cm³/mol. The molecule has 27 heavy (non-hydrogen) atoms. The van der Waals surface area contributed by atoms with Crippen molar-refractivity contribution in [3.05, 3.63) is 35.4 Å². The average Bonchev–Trinajstić information content (AvgIpc) is 2.63. The lowest BCUT2D eigenvalue weighted by atomic mass is 9.84. The first-order valence-electron chi connectivity index (χ1n) is 9.59. The van der Waals surface area contributed by atoms with Gasteiger partial charge in [0.1, 0.15) is 0 Å². The SMILES string of the molecule is CN=C(NCC(C)(C)c1ccc(C)cc1)NCC(C)(C)N1CCOCC1.I. The number of aryl methyl sites for hydroxylation is 1. The van der Waals surface area contributed by atoms with E-state index in [9.17, 15) is 0 Å². The van der Waals surface area contributed by atoms with E-state index in [2.05, 4.69) is 79.4 Å². The molecule has 1 aliphatic heterocycles. The Morgan fingerprint density at radius 1 is 1.04 bits per heavy atom. The molecule has 0 saturated carbocycles. The van der Waals surface area contributed by atoms with Crippen LogP contribution in [0, 0.1) is 6.92 Å². The maximum absolute atomic E-state index is 5.47. The van der Waals surface area contributed by atoms with E-state index in [1.807, 2.05) is 7.05 Å². The molecule has 1 aromatic rings. The van der Waals surface area contributed by atoms with Gasteiger partial charge < -0.3 is 15.4 Å². The highest BCUT2D eigenvalue weighted by molar-refractivity contribution is 14.0. The van der Waals surface area contributed by atoms with Crippen LogP contribution in [0.25, 0.3) is 0 Å². The van der Waals surface area contributed by atoms with E-state index < -0.39 is 0 Å². The van der Waals surface area contributed by atoms with Crippen LogP contribution in [0.2, 0.25) is 0 Å². The first-order valence-corrected chi connectivity index (χ1v) is 9.59. The molecule has 0 bridgehead atoms. The van der Waals surface area contributed by atoms with Gasteiger partial charge in [-0.1, -0.05) is 43.7 Å². The first kappa shape index (κ1) is 24.2. The largest absolute Gasteiger partial charge is 0.379 e. The predicted octanol–water partition coefficient (Wildman–Crippen LogP) is 3.17. The second-order valence-electron chi connectivity index (χ2n) is 8.44. The summed E-state index contributed by atoms with van der Waals surface area (Å²) in [5.41, 5.74) is 2.72. The van der Waals surface area contributed by atoms with Gasteiger partial charge in [0.2, 0.25) is 0 Å². The van der Waals surface area contributed by atoms with Crippen molar-refractivity contribution in [2.45, 2.75) is 45.6 Å². The van der Waals surface area contributed by atoms with Crippen LogP contribution in [-0.4, -0.2) is 62.8 Å². The van der Waals surface area contributed by atoms with Crippen LogP contribution in [0.15, 0.2) is 29.3 Å². The summed E-state index contributed by atoms with van der Waals surface area (Å²) < 4.78 is 5.47. The van der Waals surface area contributed by atoms with Gasteiger partial charge in [0.05, 0.1) is 13.2 Å². The van der Waals surface area contributed by atoms with Crippen molar-refractivity contribution in [3.8, 4) is 0 Å². The van der Waals surface area contributed by atoms with E-state index in [1.54, 1.807) is 0 Å². The first-order chi connectivity index (χ1) is 12.2. The standard InChI is InChI=1S/C21H36N4O.HI/c1-17-7-9-18(10-8-17)20(2,3)15-23-19(22-6)24-16-21(4,5)25-11-13-26-14-12-25;/h7-10H,11-16H2,1-6H3,(H2,22,23,24);1H. The normalized spacial score (nSPS) is 16.6. The number of nitrogens with zero attached hydrogens (tertiary/aromatic N) is 2. The van der Waals surface area contributed by atoms with Crippen LogP contribution in [0.3, 0.4) is 0 Å². The van der Waals surface area contributed by atoms with Crippen LogP contribution >= 0.6 is 24.0 Å². The summed E-state index contributed by atoms with van der Waals surface area (Å²) in [5, 5.41) is 6.99. The molecule has 0 radical (unpaired) electrons. The molecule has 154 valence electrons. The number of guanidine groups is 1. The zero-order valence-electron chi connectivity index (χ0n) is 17.8. The smallest absolute Gasteiger partial charge is 0.191 e. The number of rotatable bonds is 6. The number of ether oxygens (including phenoxy) is 1. The van der Waals surface area contributed by atoms with Crippen LogP contribution in [0.1, 0.15) is 38.8 Å². The molecule has 2 N–H and O–H groups in total. The van der Waals surface area contributed by atoms with Crippen molar-refractivity contribution in [2.75, 3.05) is 46.4 Å². The molecule has 1 fully saturated rings. The molecule has 2 rings (SSSR count). The zero-order chi connectivity index (χ0) is 19.2. The Morgan fingerprint density at radius 3 is 2.15 bits per heavy atom. The molecule has 5 nitrogen and oxygen atoms in total. The summed E-state index contributed by atoms with van der Waals surface area (Å²) in [7, 11) is 1.83. The van der Waals surface area contributed by atoms with Crippen LogP contribution in [0.5, 0.6) is 0 Å². The van der Waals surface area contributed by atoms with Gasteiger partial charge in [-0.3, -0.25) is 9.89 Å². The summed E-state index contributed by atoms with van der Waals surface area (Å²) in [6.07, 6.45) is 0. The van der Waals surface area contributed by atoms with E-state index in [1.165, 1.54) is 11.1 Å². The third kappa shape index (κ3) is 7.23. The number of hydrogen-bond donors (Lipinski definition) is 2. The molecular weight excluding hydrogens is 451 g/mol. The fourth-order valence-electron chi connectivity index (χ4n) is 3.21. The van der Waals surface area contributed by atoms with Gasteiger partial charge in [0, 0.05) is 44.2 Å². The third-order valence-corrected chi connectivity index (χ3v) is 5.31. The zero-order valence-corrected chi connectivity index (χ0v) is 20.1. The maximum Gasteiger partial charge on any atom is 0.191 e. The van der Waals surface area contributed by atoms with Crippen LogP contribution in [0.4, 0.5) is 0 Å². The molecule has 1 aliphatic rings. The highest BCUT2D eigenvalue weighted by Crippen LogP contribution is 2.22. The minimum atomic E-state index is 0. The Balaban J connectivity index is 0.00000364. The Labute approximate surface area is 182 Å². The molecule has 0 aromatic heterocycles. The fraction of sp³-hybridized carbons (Fsp3) is 0.667. The van der Waals surface area contributed by atoms with Gasteiger partial charge in [-0.2, -0.15) is 0 Å². The molecule has 1 heterocycles. The Hall–Kier alpha value is -0.860. The van der Waals surface area contributed by atoms with Gasteiger partial charge >= 0.3 is 0 Å². The molecule has 0 spiro atoms. The van der Waals surface area contributed by atoms with Crippen LogP contribution < -0.4 is 10.6 Å². The highest BCUT2D eigenvalue weighted by atomic mass is 127. The van der Waals surface area contributed by atoms with Gasteiger partial charge in [-0.05, 0) is 26.3 Å². The molecule has 0 unspecified atom stereocenters. The van der Waals surface area contributed by atoms with Crippen molar-refractivity contribution in [1.82, 2.24) is 15.5 Å². The number of aliphatic imine (C=N–C) groups is 1. The molecule has 1 aromatic carbocycles. The van der Waals surface area contributed by atoms with Gasteiger partial charge in [0.25, 0.3) is 0 Å². The van der Waals surface area contributed by atoms with E-state index in [4.69, 9.17) is 4.74 Å². The van der Waals surface area contributed by atoms with Gasteiger partial charge in [0.15, 0.2) is 5.96 Å². The van der Waals surface area contributed by atoms with Gasteiger partial charge in [-0.25, -0.2) is 0 Å². The van der Waals surface area contributed by atoms with Crippen molar-refractivity contribution >= 4 is 29.9 Å². The Bertz CT molecular complexity index is 593. The summed E-state index contributed by atoms with van der Waals surface area (Å²) in [6, 6.07) is 8.79. The number of nitrogens with one attached hydrogen (secondary N) is 2. The maximum atomic E-state index is 5.47. The Morgan fingerprint density at radius 2 is 1.59 bits per heavy atom. The van der Waals surface area contributed by atoms with Gasteiger partial charge in [-0.15, -0.1) is 24.0 Å². The van der Waals surface area contributed by atoms with Crippen molar-refractivity contribution in [2.24, 2.45) is 4.99 Å². The van der Waals surface area contributed by atoms with E-state index >= 15 is 0 Å². The molecule has 0 atom stereocenters. The van der Waals surface area contributed by atoms with Crippen molar-refractivity contribution in [1.29, 1.82) is 0 Å². The second kappa shape index (κ2) is 10.6. The molecule has 0 aliphatic carbocycles. The van der Waals surface area contributed by atoms with E-state index in [0.717, 1.165) is 45.4 Å². The molecule has 0 amide bonds. The minimum Gasteiger partial charge on any atom is -0.379 e. The number of halogens is 1. The van der Waals surface area contributed by atoms with Crippen molar-refractivity contribution < 1.29 is 4.74 Å². The fourth-order valence-corrected chi connectivity index (χ4v) is 3.21. The summed E-state index contributed by atoms with van der Waals surface area (Å²) >= 11 is 0. The molecule has 1 saturated heterocycles. The molecular formula is C21H37IN4O. The monoisotopic (exact) mass is 488 g/mol. The topological polar surface area (TPSA) is 48.9 Å². The van der Waals surface area contributed by atoms with Crippen LogP contribution in [-0.2, 0) is 10.2 Å². The summed E-state index contributed by atoms with van der Waals surface area (Å²) in [6.45, 7) is 16.5. The highest BCUT2D eigenvalue weighted by Gasteiger charge is 2.28. The lowest BCUT2D eigenvalue weighted by Gasteiger charge is -2.41. The van der Waals surface area contributed by atoms with E-state index in [0.29, 0.717) is 0 Å². The minimum absolute atomic E-state index is 0. The number of morpholine rings is 1. The second-order valence-corrected chi connectivity index (χ2v) is 8.44. The van der Waals surface area contributed by atoms with Crippen molar-refractivity contribution in [3.63, 3.8) is 0 Å². The lowest BCUT2D eigenvalue weighted by Crippen LogP contribution is -2.57. The van der Waals surface area contributed by atoms with E-state index in [-0.39, 0.29) is 34.9 Å². The molecule has 6 heteroatoms. The number of benzene rings is 1. The summed E-state index contributed by atoms with van der Waals surface area (Å²) in [5.74, 6) is 0.853. The average molecular weight is 488 g/mol. The lowest BCUT2D eigenvalue weighted by molar-refractivity contribution is -0.00834.